The fourth-order valence-corrected chi connectivity index (χ4v) is 1.65. The maximum atomic E-state index is 11.3. The lowest BCUT2D eigenvalue weighted by Crippen LogP contribution is -2.27. The third-order valence-corrected chi connectivity index (χ3v) is 2.55. The molecular weight excluding hydrogens is 236 g/mol. The van der Waals surface area contributed by atoms with Gasteiger partial charge in [0.1, 0.15) is 0 Å². The van der Waals surface area contributed by atoms with Crippen LogP contribution in [0.1, 0.15) is 25.3 Å². The van der Waals surface area contributed by atoms with E-state index in [1.165, 1.54) is 0 Å². The van der Waals surface area contributed by atoms with Crippen LogP contribution in [-0.2, 0) is 11.3 Å². The lowest BCUT2D eigenvalue weighted by Gasteiger charge is -2.06. The minimum atomic E-state index is 0.102. The minimum Gasteiger partial charge on any atom is -0.356 e. The zero-order valence-electron chi connectivity index (χ0n) is 10.1. The van der Waals surface area contributed by atoms with Gasteiger partial charge in [-0.15, -0.1) is 0 Å². The molecule has 0 saturated carbocycles. The number of carbonyl (C=O) groups is 1. The topological polar surface area (TPSA) is 41.1 Å². The van der Waals surface area contributed by atoms with Gasteiger partial charge in [-0.05, 0) is 24.1 Å². The predicted molar refractivity (Wildman–Crippen MR) is 71.1 cm³/mol. The maximum Gasteiger partial charge on any atom is 0.221 e. The summed E-state index contributed by atoms with van der Waals surface area (Å²) in [4.78, 5) is 11.3. The van der Waals surface area contributed by atoms with Gasteiger partial charge < -0.3 is 10.6 Å². The molecule has 0 fully saturated rings. The molecule has 1 amide bonds. The van der Waals surface area contributed by atoms with Crippen LogP contribution in [0.15, 0.2) is 24.3 Å². The van der Waals surface area contributed by atoms with Gasteiger partial charge in [-0.2, -0.15) is 0 Å². The smallest absolute Gasteiger partial charge is 0.221 e. The van der Waals surface area contributed by atoms with Gasteiger partial charge in [0, 0.05) is 31.1 Å². The number of nitrogens with one attached hydrogen (secondary N) is 2. The molecule has 1 aromatic carbocycles. The number of carbonyl (C=O) groups excluding carboxylic acids is 1. The van der Waals surface area contributed by atoms with Gasteiger partial charge in [0.15, 0.2) is 0 Å². The predicted octanol–water partition coefficient (Wildman–Crippen LogP) is 2.35. The molecule has 4 heteroatoms. The van der Waals surface area contributed by atoms with Crippen LogP contribution in [0.5, 0.6) is 0 Å². The Labute approximate surface area is 108 Å². The van der Waals surface area contributed by atoms with E-state index in [4.69, 9.17) is 11.6 Å². The first kappa shape index (κ1) is 14.0. The van der Waals surface area contributed by atoms with Gasteiger partial charge >= 0.3 is 0 Å². The van der Waals surface area contributed by atoms with Crippen LogP contribution in [-0.4, -0.2) is 19.0 Å². The third-order valence-electron chi connectivity index (χ3n) is 2.32. The average Bonchev–Trinajstić information content (AvgIpc) is 2.32. The first-order valence-electron chi connectivity index (χ1n) is 5.94. The molecule has 1 aromatic rings. The van der Waals surface area contributed by atoms with Crippen molar-refractivity contribution in [2.24, 2.45) is 0 Å². The molecule has 0 radical (unpaired) electrons. The zero-order chi connectivity index (χ0) is 12.5. The Hall–Kier alpha value is -1.06. The Balaban J connectivity index is 2.14. The van der Waals surface area contributed by atoms with Crippen LogP contribution in [0.4, 0.5) is 0 Å². The second-order valence-electron chi connectivity index (χ2n) is 3.91. The number of hydrogen-bond donors (Lipinski definition) is 2. The van der Waals surface area contributed by atoms with Crippen molar-refractivity contribution in [3.05, 3.63) is 34.9 Å². The highest BCUT2D eigenvalue weighted by atomic mass is 35.5. The Morgan fingerprint density at radius 3 is 2.88 bits per heavy atom. The molecular formula is C13H19ClN2O. The summed E-state index contributed by atoms with van der Waals surface area (Å²) in [5.74, 6) is 0.102. The quantitative estimate of drug-likeness (QED) is 0.734. The van der Waals surface area contributed by atoms with Crippen LogP contribution >= 0.6 is 11.6 Å². The second-order valence-corrected chi connectivity index (χ2v) is 4.34. The molecule has 0 aliphatic heterocycles. The van der Waals surface area contributed by atoms with Crippen molar-refractivity contribution in [2.75, 3.05) is 13.1 Å². The molecule has 0 saturated heterocycles. The molecule has 17 heavy (non-hydrogen) atoms. The second kappa shape index (κ2) is 8.09. The summed E-state index contributed by atoms with van der Waals surface area (Å²) < 4.78 is 0. The molecule has 94 valence electrons. The molecule has 0 aromatic heterocycles. The van der Waals surface area contributed by atoms with Crippen LogP contribution in [0.25, 0.3) is 0 Å². The van der Waals surface area contributed by atoms with Gasteiger partial charge in [0.2, 0.25) is 5.91 Å². The van der Waals surface area contributed by atoms with Crippen LogP contribution < -0.4 is 10.6 Å². The summed E-state index contributed by atoms with van der Waals surface area (Å²) in [6.45, 7) is 4.22. The minimum absolute atomic E-state index is 0.102. The summed E-state index contributed by atoms with van der Waals surface area (Å²) in [5.41, 5.74) is 1.13. The summed E-state index contributed by atoms with van der Waals surface area (Å²) in [5, 5.41) is 6.80. The van der Waals surface area contributed by atoms with E-state index in [9.17, 15) is 4.79 Å². The highest BCUT2D eigenvalue weighted by molar-refractivity contribution is 6.30. The number of amides is 1. The lowest BCUT2D eigenvalue weighted by molar-refractivity contribution is -0.120. The van der Waals surface area contributed by atoms with Crippen molar-refractivity contribution >= 4 is 17.5 Å². The van der Waals surface area contributed by atoms with E-state index < -0.39 is 0 Å². The highest BCUT2D eigenvalue weighted by Gasteiger charge is 1.99. The molecule has 3 nitrogen and oxygen atoms in total. The molecule has 0 heterocycles. The number of hydrogen-bond acceptors (Lipinski definition) is 2. The number of rotatable bonds is 7. The first-order chi connectivity index (χ1) is 8.22. The molecule has 0 spiro atoms. The van der Waals surface area contributed by atoms with Crippen molar-refractivity contribution in [2.45, 2.75) is 26.3 Å². The van der Waals surface area contributed by atoms with E-state index in [1.807, 2.05) is 31.2 Å². The Morgan fingerprint density at radius 2 is 2.18 bits per heavy atom. The third kappa shape index (κ3) is 6.29. The number of halogens is 1. The average molecular weight is 255 g/mol. The van der Waals surface area contributed by atoms with E-state index in [2.05, 4.69) is 10.6 Å². The van der Waals surface area contributed by atoms with E-state index in [0.29, 0.717) is 13.0 Å². The molecule has 0 aliphatic carbocycles. The lowest BCUT2D eigenvalue weighted by atomic mass is 10.2. The van der Waals surface area contributed by atoms with Crippen molar-refractivity contribution < 1.29 is 4.79 Å². The molecule has 0 unspecified atom stereocenters. The van der Waals surface area contributed by atoms with E-state index in [0.717, 1.165) is 30.1 Å². The van der Waals surface area contributed by atoms with Crippen LogP contribution in [0.2, 0.25) is 5.02 Å². The zero-order valence-corrected chi connectivity index (χ0v) is 10.9. The summed E-state index contributed by atoms with van der Waals surface area (Å²) in [6, 6.07) is 7.71. The van der Waals surface area contributed by atoms with Gasteiger partial charge in [-0.3, -0.25) is 4.79 Å². The van der Waals surface area contributed by atoms with Gasteiger partial charge in [0.25, 0.3) is 0 Å². The first-order valence-corrected chi connectivity index (χ1v) is 6.32. The molecule has 0 atom stereocenters. The van der Waals surface area contributed by atoms with Crippen molar-refractivity contribution in [3.63, 3.8) is 0 Å². The fraction of sp³-hybridized carbons (Fsp3) is 0.462. The Morgan fingerprint density at radius 1 is 1.35 bits per heavy atom. The van der Waals surface area contributed by atoms with Gasteiger partial charge in [-0.25, -0.2) is 0 Å². The summed E-state index contributed by atoms with van der Waals surface area (Å²) in [7, 11) is 0. The highest BCUT2D eigenvalue weighted by Crippen LogP contribution is 2.09. The van der Waals surface area contributed by atoms with Gasteiger partial charge in [0.05, 0.1) is 0 Å². The Kier molecular flexibility index (Phi) is 6.67. The largest absolute Gasteiger partial charge is 0.356 e. The van der Waals surface area contributed by atoms with Crippen molar-refractivity contribution in [1.29, 1.82) is 0 Å². The monoisotopic (exact) mass is 254 g/mol. The SMILES string of the molecule is CCCNC(=O)CCNCc1cccc(Cl)c1. The molecule has 0 bridgehead atoms. The normalized spacial score (nSPS) is 10.2. The van der Waals surface area contributed by atoms with Gasteiger partial charge in [-0.1, -0.05) is 30.7 Å². The molecule has 2 N–H and O–H groups in total. The van der Waals surface area contributed by atoms with E-state index in [1.54, 1.807) is 0 Å². The van der Waals surface area contributed by atoms with Crippen LogP contribution in [0.3, 0.4) is 0 Å². The maximum absolute atomic E-state index is 11.3. The summed E-state index contributed by atoms with van der Waals surface area (Å²) in [6.07, 6.45) is 1.49. The molecule has 0 aliphatic rings. The Bertz CT molecular complexity index is 355. The van der Waals surface area contributed by atoms with Crippen molar-refractivity contribution in [3.8, 4) is 0 Å². The fourth-order valence-electron chi connectivity index (χ4n) is 1.43. The summed E-state index contributed by atoms with van der Waals surface area (Å²) >= 11 is 5.87. The number of benzene rings is 1. The van der Waals surface area contributed by atoms with E-state index >= 15 is 0 Å². The molecule has 1 rings (SSSR count). The standard InChI is InChI=1S/C13H19ClN2O/c1-2-7-16-13(17)6-8-15-10-11-4-3-5-12(14)9-11/h3-5,9,15H,2,6-8,10H2,1H3,(H,16,17). The van der Waals surface area contributed by atoms with E-state index in [-0.39, 0.29) is 5.91 Å². The van der Waals surface area contributed by atoms with Crippen molar-refractivity contribution in [1.82, 2.24) is 10.6 Å². The van der Waals surface area contributed by atoms with Crippen LogP contribution in [0, 0.1) is 0 Å².